The number of hydrogen-bond donors (Lipinski definition) is 0. The van der Waals surface area contributed by atoms with E-state index in [1.807, 2.05) is 44.4 Å². The second kappa shape index (κ2) is 8.18. The predicted molar refractivity (Wildman–Crippen MR) is 101 cm³/mol. The lowest BCUT2D eigenvalue weighted by Crippen LogP contribution is -2.53. The van der Waals surface area contributed by atoms with E-state index in [9.17, 15) is 4.39 Å². The Morgan fingerprint density at radius 3 is 2.04 bits per heavy atom. The van der Waals surface area contributed by atoms with E-state index in [0.717, 1.165) is 58.5 Å². The normalized spacial score (nSPS) is 28.1. The summed E-state index contributed by atoms with van der Waals surface area (Å²) in [6.45, 7) is 15.0. The van der Waals surface area contributed by atoms with Gasteiger partial charge in [0, 0.05) is 50.1 Å². The molecule has 2 saturated heterocycles. The highest BCUT2D eigenvalue weighted by molar-refractivity contribution is 4.87. The first-order valence-corrected chi connectivity index (χ1v) is 9.95. The fourth-order valence-corrected chi connectivity index (χ4v) is 4.40. The van der Waals surface area contributed by atoms with Gasteiger partial charge in [-0.05, 0) is 32.2 Å². The molecule has 2 aliphatic heterocycles. The van der Waals surface area contributed by atoms with Crippen molar-refractivity contribution in [3.05, 3.63) is 0 Å². The molecule has 3 atom stereocenters. The smallest absolute Gasteiger partial charge is 0.158 e. The van der Waals surface area contributed by atoms with Crippen LogP contribution in [0.4, 0.5) is 8.78 Å². The van der Waals surface area contributed by atoms with Gasteiger partial charge in [0.15, 0.2) is 12.6 Å². The number of alkyl halides is 2. The van der Waals surface area contributed by atoms with Crippen molar-refractivity contribution >= 4 is 0 Å². The minimum atomic E-state index is -0.919. The van der Waals surface area contributed by atoms with E-state index in [2.05, 4.69) is 11.9 Å². The lowest BCUT2D eigenvalue weighted by atomic mass is 9.78. The molecular formula is C20H39F2N3. The number of hydrogen-bond acceptors (Lipinski definition) is 3. The summed E-state index contributed by atoms with van der Waals surface area (Å²) in [6, 6.07) is 0. The SMILES string of the molecule is CN1CCN(C(F)C(C)(C)CC2CCCN(C(F)C(C)(C)C)C2)CC1. The van der Waals surface area contributed by atoms with Crippen molar-refractivity contribution in [2.24, 2.45) is 16.7 Å². The van der Waals surface area contributed by atoms with Gasteiger partial charge in [-0.1, -0.05) is 34.6 Å². The molecule has 0 bridgehead atoms. The largest absolute Gasteiger partial charge is 0.304 e. The summed E-state index contributed by atoms with van der Waals surface area (Å²) >= 11 is 0. The van der Waals surface area contributed by atoms with E-state index < -0.39 is 18.0 Å². The van der Waals surface area contributed by atoms with Crippen LogP contribution in [0.2, 0.25) is 0 Å². The molecular weight excluding hydrogens is 320 g/mol. The molecule has 0 spiro atoms. The zero-order chi connectivity index (χ0) is 18.8. The maximum Gasteiger partial charge on any atom is 0.158 e. The molecule has 0 aromatic rings. The molecule has 2 fully saturated rings. The first-order valence-electron chi connectivity index (χ1n) is 9.95. The highest BCUT2D eigenvalue weighted by atomic mass is 19.1. The van der Waals surface area contributed by atoms with Crippen molar-refractivity contribution in [2.45, 2.75) is 66.5 Å². The number of likely N-dealkylation sites (N-methyl/N-ethyl adjacent to an activating group) is 1. The minimum Gasteiger partial charge on any atom is -0.304 e. The maximum atomic E-state index is 15.2. The molecule has 3 unspecified atom stereocenters. The van der Waals surface area contributed by atoms with E-state index in [1.54, 1.807) is 0 Å². The summed E-state index contributed by atoms with van der Waals surface area (Å²) in [7, 11) is 2.09. The molecule has 0 N–H and O–H groups in total. The molecule has 25 heavy (non-hydrogen) atoms. The highest BCUT2D eigenvalue weighted by Gasteiger charge is 2.40. The Morgan fingerprint density at radius 2 is 1.48 bits per heavy atom. The summed E-state index contributed by atoms with van der Waals surface area (Å²) in [6.07, 6.45) is 1.10. The number of likely N-dealkylation sites (tertiary alicyclic amines) is 1. The molecule has 2 rings (SSSR count). The van der Waals surface area contributed by atoms with Gasteiger partial charge in [-0.15, -0.1) is 0 Å². The van der Waals surface area contributed by atoms with E-state index in [-0.39, 0.29) is 5.41 Å². The van der Waals surface area contributed by atoms with Gasteiger partial charge in [0.2, 0.25) is 0 Å². The minimum absolute atomic E-state index is 0.361. The predicted octanol–water partition coefficient (Wildman–Crippen LogP) is 4.00. The van der Waals surface area contributed by atoms with Crippen molar-refractivity contribution in [3.8, 4) is 0 Å². The average molecular weight is 360 g/mol. The molecule has 0 aromatic heterocycles. The summed E-state index contributed by atoms with van der Waals surface area (Å²) in [5.41, 5.74) is -0.753. The number of nitrogens with zero attached hydrogens (tertiary/aromatic N) is 3. The van der Waals surface area contributed by atoms with E-state index in [0.29, 0.717) is 5.92 Å². The van der Waals surface area contributed by atoms with Crippen LogP contribution in [-0.4, -0.2) is 73.6 Å². The molecule has 0 aliphatic carbocycles. The van der Waals surface area contributed by atoms with Crippen molar-refractivity contribution in [1.29, 1.82) is 0 Å². The quantitative estimate of drug-likeness (QED) is 0.687. The molecule has 148 valence electrons. The lowest BCUT2D eigenvalue weighted by Gasteiger charge is -2.44. The second-order valence-corrected chi connectivity index (χ2v) is 10.1. The van der Waals surface area contributed by atoms with E-state index >= 15 is 4.39 Å². The van der Waals surface area contributed by atoms with Crippen LogP contribution in [0.1, 0.15) is 53.9 Å². The molecule has 0 saturated carbocycles. The van der Waals surface area contributed by atoms with Crippen molar-refractivity contribution in [2.75, 3.05) is 46.3 Å². The van der Waals surface area contributed by atoms with E-state index in [4.69, 9.17) is 0 Å². The summed E-state index contributed by atoms with van der Waals surface area (Å²) in [4.78, 5) is 6.23. The summed E-state index contributed by atoms with van der Waals surface area (Å²) in [5, 5.41) is 0. The van der Waals surface area contributed by atoms with Crippen LogP contribution in [0.5, 0.6) is 0 Å². The van der Waals surface area contributed by atoms with Crippen LogP contribution >= 0.6 is 0 Å². The van der Waals surface area contributed by atoms with Gasteiger partial charge in [-0.2, -0.15) is 0 Å². The Morgan fingerprint density at radius 1 is 0.880 bits per heavy atom. The zero-order valence-corrected chi connectivity index (χ0v) is 17.2. The van der Waals surface area contributed by atoms with Crippen LogP contribution in [-0.2, 0) is 0 Å². The van der Waals surface area contributed by atoms with Gasteiger partial charge in [0.1, 0.15) is 0 Å². The average Bonchev–Trinajstić information content (AvgIpc) is 2.53. The van der Waals surface area contributed by atoms with Crippen LogP contribution < -0.4 is 0 Å². The number of piperazine rings is 1. The monoisotopic (exact) mass is 359 g/mol. The Balaban J connectivity index is 1.92. The third-order valence-corrected chi connectivity index (χ3v) is 5.90. The fraction of sp³-hybridized carbons (Fsp3) is 1.00. The van der Waals surface area contributed by atoms with Gasteiger partial charge in [-0.3, -0.25) is 9.80 Å². The fourth-order valence-electron chi connectivity index (χ4n) is 4.40. The van der Waals surface area contributed by atoms with Gasteiger partial charge in [-0.25, -0.2) is 8.78 Å². The first-order chi connectivity index (χ1) is 11.5. The first kappa shape index (κ1) is 21.0. The van der Waals surface area contributed by atoms with Crippen molar-refractivity contribution in [1.82, 2.24) is 14.7 Å². The van der Waals surface area contributed by atoms with E-state index in [1.165, 1.54) is 0 Å². The molecule has 0 radical (unpaired) electrons. The molecule has 2 heterocycles. The van der Waals surface area contributed by atoms with Crippen molar-refractivity contribution in [3.63, 3.8) is 0 Å². The third-order valence-electron chi connectivity index (χ3n) is 5.90. The maximum absolute atomic E-state index is 15.2. The topological polar surface area (TPSA) is 9.72 Å². The van der Waals surface area contributed by atoms with Gasteiger partial charge >= 0.3 is 0 Å². The Kier molecular flexibility index (Phi) is 6.89. The second-order valence-electron chi connectivity index (χ2n) is 10.1. The summed E-state index contributed by atoms with van der Waals surface area (Å²) < 4.78 is 29.9. The standard InChI is InChI=1S/C20H39F2N3/c1-19(2,3)17(21)25-9-7-8-16(15-25)14-20(4,5)18(22)24-12-10-23(6)11-13-24/h16-18H,7-15H2,1-6H3. The van der Waals surface area contributed by atoms with Gasteiger partial charge in [0.25, 0.3) is 0 Å². The highest BCUT2D eigenvalue weighted by Crippen LogP contribution is 2.38. The van der Waals surface area contributed by atoms with Crippen LogP contribution in [0.25, 0.3) is 0 Å². The molecule has 2 aliphatic rings. The lowest BCUT2D eigenvalue weighted by molar-refractivity contribution is -0.0631. The van der Waals surface area contributed by atoms with Crippen LogP contribution in [0.3, 0.4) is 0 Å². The summed E-state index contributed by atoms with van der Waals surface area (Å²) in [5.74, 6) is 0.384. The third kappa shape index (κ3) is 5.61. The van der Waals surface area contributed by atoms with Gasteiger partial charge in [0.05, 0.1) is 0 Å². The van der Waals surface area contributed by atoms with Crippen LogP contribution in [0, 0.1) is 16.7 Å². The zero-order valence-electron chi connectivity index (χ0n) is 17.2. The molecule has 3 nitrogen and oxygen atoms in total. The molecule has 0 amide bonds. The Hall–Kier alpha value is -0.260. The van der Waals surface area contributed by atoms with Crippen molar-refractivity contribution < 1.29 is 8.78 Å². The number of rotatable bonds is 5. The van der Waals surface area contributed by atoms with Crippen LogP contribution in [0.15, 0.2) is 0 Å². The number of halogens is 2. The Bertz CT molecular complexity index is 414. The van der Waals surface area contributed by atoms with Gasteiger partial charge < -0.3 is 4.90 Å². The molecule has 0 aromatic carbocycles. The number of piperidine rings is 1. The molecule has 5 heteroatoms. The Labute approximate surface area is 153 Å².